The zero-order valence-electron chi connectivity index (χ0n) is 13.5. The van der Waals surface area contributed by atoms with Gasteiger partial charge in [-0.2, -0.15) is 5.10 Å². The van der Waals surface area contributed by atoms with Crippen LogP contribution >= 0.6 is 0 Å². The lowest BCUT2D eigenvalue weighted by atomic mass is 9.90. The fourth-order valence-corrected chi connectivity index (χ4v) is 3.55. The second kappa shape index (κ2) is 7.82. The molecular formula is C17H31N3. The summed E-state index contributed by atoms with van der Waals surface area (Å²) in [6, 6.07) is 3.03. The molecule has 1 N–H and O–H groups in total. The molecule has 0 radical (unpaired) electrons. The zero-order valence-corrected chi connectivity index (χ0v) is 13.5. The molecule has 0 bridgehead atoms. The van der Waals surface area contributed by atoms with Gasteiger partial charge in [-0.05, 0) is 51.1 Å². The molecule has 1 aliphatic carbocycles. The fourth-order valence-electron chi connectivity index (χ4n) is 3.55. The normalized spacial score (nSPS) is 23.8. The number of hydrogen-bond acceptors (Lipinski definition) is 2. The van der Waals surface area contributed by atoms with Crippen molar-refractivity contribution in [1.82, 2.24) is 15.1 Å². The van der Waals surface area contributed by atoms with E-state index in [-0.39, 0.29) is 0 Å². The molecule has 1 aromatic heterocycles. The molecule has 0 saturated heterocycles. The Morgan fingerprint density at radius 2 is 2.00 bits per heavy atom. The average molecular weight is 277 g/mol. The lowest BCUT2D eigenvalue weighted by Crippen LogP contribution is -2.36. The Morgan fingerprint density at radius 3 is 2.70 bits per heavy atom. The maximum Gasteiger partial charge on any atom is 0.0624 e. The van der Waals surface area contributed by atoms with Crippen molar-refractivity contribution in [2.75, 3.05) is 6.54 Å². The van der Waals surface area contributed by atoms with Gasteiger partial charge in [0.15, 0.2) is 0 Å². The second-order valence-corrected chi connectivity index (χ2v) is 6.06. The van der Waals surface area contributed by atoms with Crippen LogP contribution in [0.1, 0.15) is 64.3 Å². The van der Waals surface area contributed by atoms with Crippen LogP contribution in [0.15, 0.2) is 6.07 Å². The van der Waals surface area contributed by atoms with Crippen LogP contribution in [0.5, 0.6) is 0 Å². The molecule has 0 aliphatic heterocycles. The van der Waals surface area contributed by atoms with E-state index in [2.05, 4.69) is 36.8 Å². The van der Waals surface area contributed by atoms with Crippen LogP contribution in [0.3, 0.4) is 0 Å². The maximum absolute atomic E-state index is 4.70. The van der Waals surface area contributed by atoms with E-state index < -0.39 is 0 Å². The highest BCUT2D eigenvalue weighted by molar-refractivity contribution is 5.12. The highest BCUT2D eigenvalue weighted by atomic mass is 15.3. The molecule has 3 heteroatoms. The van der Waals surface area contributed by atoms with Gasteiger partial charge in [-0.15, -0.1) is 0 Å². The molecule has 1 saturated carbocycles. The van der Waals surface area contributed by atoms with Gasteiger partial charge in [0.25, 0.3) is 0 Å². The van der Waals surface area contributed by atoms with Crippen LogP contribution < -0.4 is 5.32 Å². The van der Waals surface area contributed by atoms with E-state index in [1.807, 2.05) is 0 Å². The van der Waals surface area contributed by atoms with Gasteiger partial charge in [0.2, 0.25) is 0 Å². The van der Waals surface area contributed by atoms with Gasteiger partial charge in [0, 0.05) is 18.3 Å². The molecule has 0 aromatic carbocycles. The number of rotatable bonds is 6. The molecule has 2 rings (SSSR count). The van der Waals surface area contributed by atoms with Crippen LogP contribution in [0.2, 0.25) is 0 Å². The van der Waals surface area contributed by atoms with Gasteiger partial charge >= 0.3 is 0 Å². The molecule has 3 nitrogen and oxygen atoms in total. The van der Waals surface area contributed by atoms with E-state index in [4.69, 9.17) is 5.10 Å². The topological polar surface area (TPSA) is 29.9 Å². The van der Waals surface area contributed by atoms with Crippen LogP contribution in [-0.2, 0) is 19.4 Å². The highest BCUT2D eigenvalue weighted by Gasteiger charge is 2.24. The standard InChI is InChI=1S/C17H31N3/c1-4-15-13-16(20(6-3)19-15)12-14-10-8-7-9-11-17(14)18-5-2/h13-14,17-18H,4-12H2,1-3H3. The van der Waals surface area contributed by atoms with E-state index in [9.17, 15) is 0 Å². The Hall–Kier alpha value is -0.830. The first-order chi connectivity index (χ1) is 9.78. The minimum atomic E-state index is 0.702. The van der Waals surface area contributed by atoms with Gasteiger partial charge in [0.1, 0.15) is 0 Å². The van der Waals surface area contributed by atoms with Gasteiger partial charge < -0.3 is 5.32 Å². The van der Waals surface area contributed by atoms with Crippen molar-refractivity contribution >= 4 is 0 Å². The first-order valence-electron chi connectivity index (χ1n) is 8.57. The summed E-state index contributed by atoms with van der Waals surface area (Å²) in [4.78, 5) is 0. The Labute approximate surface area is 124 Å². The van der Waals surface area contributed by atoms with Crippen LogP contribution in [0.25, 0.3) is 0 Å². The van der Waals surface area contributed by atoms with Gasteiger partial charge in [-0.3, -0.25) is 4.68 Å². The Kier molecular flexibility index (Phi) is 6.08. The summed E-state index contributed by atoms with van der Waals surface area (Å²) in [6.45, 7) is 8.71. The van der Waals surface area contributed by atoms with Crippen molar-refractivity contribution in [1.29, 1.82) is 0 Å². The molecular weight excluding hydrogens is 246 g/mol. The van der Waals surface area contributed by atoms with E-state index in [1.165, 1.54) is 49.9 Å². The monoisotopic (exact) mass is 277 g/mol. The van der Waals surface area contributed by atoms with Crippen LogP contribution in [0.4, 0.5) is 0 Å². The zero-order chi connectivity index (χ0) is 14.4. The van der Waals surface area contributed by atoms with Crippen molar-refractivity contribution in [3.8, 4) is 0 Å². The lowest BCUT2D eigenvalue weighted by Gasteiger charge is -2.26. The van der Waals surface area contributed by atoms with E-state index in [0.29, 0.717) is 6.04 Å². The van der Waals surface area contributed by atoms with E-state index >= 15 is 0 Å². The van der Waals surface area contributed by atoms with E-state index in [0.717, 1.165) is 25.4 Å². The number of aryl methyl sites for hydroxylation is 2. The summed E-state index contributed by atoms with van der Waals surface area (Å²) in [7, 11) is 0. The summed E-state index contributed by atoms with van der Waals surface area (Å²) in [5.41, 5.74) is 2.69. The smallest absolute Gasteiger partial charge is 0.0624 e. The maximum atomic E-state index is 4.70. The second-order valence-electron chi connectivity index (χ2n) is 6.06. The Morgan fingerprint density at radius 1 is 1.20 bits per heavy atom. The summed E-state index contributed by atoms with van der Waals surface area (Å²) >= 11 is 0. The predicted molar refractivity (Wildman–Crippen MR) is 85.0 cm³/mol. The minimum Gasteiger partial charge on any atom is -0.314 e. The summed E-state index contributed by atoms with van der Waals surface area (Å²) < 4.78 is 2.22. The van der Waals surface area contributed by atoms with Gasteiger partial charge in [-0.1, -0.05) is 33.1 Å². The van der Waals surface area contributed by atoms with E-state index in [1.54, 1.807) is 0 Å². The number of nitrogens with zero attached hydrogens (tertiary/aromatic N) is 2. The molecule has 1 aliphatic rings. The minimum absolute atomic E-state index is 0.702. The quantitative estimate of drug-likeness (QED) is 0.806. The molecule has 0 amide bonds. The first-order valence-corrected chi connectivity index (χ1v) is 8.57. The molecule has 114 valence electrons. The third-order valence-corrected chi connectivity index (χ3v) is 4.67. The number of aromatic nitrogens is 2. The molecule has 1 aromatic rings. The van der Waals surface area contributed by atoms with Gasteiger partial charge in [0.05, 0.1) is 5.69 Å². The first kappa shape index (κ1) is 15.6. The third kappa shape index (κ3) is 3.85. The molecule has 20 heavy (non-hydrogen) atoms. The Bertz CT molecular complexity index is 397. The van der Waals surface area contributed by atoms with Crippen molar-refractivity contribution < 1.29 is 0 Å². The largest absolute Gasteiger partial charge is 0.314 e. The van der Waals surface area contributed by atoms with Crippen molar-refractivity contribution in [3.05, 3.63) is 17.5 Å². The summed E-state index contributed by atoms with van der Waals surface area (Å²) in [5, 5.41) is 8.43. The number of nitrogens with one attached hydrogen (secondary N) is 1. The predicted octanol–water partition coefficient (Wildman–Crippen LogP) is 3.57. The fraction of sp³-hybridized carbons (Fsp3) is 0.824. The Balaban J connectivity index is 2.10. The SMILES string of the molecule is CCNC1CCCCCC1Cc1cc(CC)nn1CC. The average Bonchev–Trinajstić information content (AvgIpc) is 2.73. The number of hydrogen-bond donors (Lipinski definition) is 1. The molecule has 2 unspecified atom stereocenters. The van der Waals surface area contributed by atoms with Gasteiger partial charge in [-0.25, -0.2) is 0 Å². The third-order valence-electron chi connectivity index (χ3n) is 4.67. The lowest BCUT2D eigenvalue weighted by molar-refractivity contribution is 0.330. The highest BCUT2D eigenvalue weighted by Crippen LogP contribution is 2.27. The van der Waals surface area contributed by atoms with Crippen LogP contribution in [-0.4, -0.2) is 22.4 Å². The molecule has 1 fully saturated rings. The molecule has 1 heterocycles. The molecule has 0 spiro atoms. The van der Waals surface area contributed by atoms with Crippen molar-refractivity contribution in [2.45, 2.75) is 78.3 Å². The van der Waals surface area contributed by atoms with Crippen molar-refractivity contribution in [3.63, 3.8) is 0 Å². The summed E-state index contributed by atoms with van der Waals surface area (Å²) in [5.74, 6) is 0.782. The van der Waals surface area contributed by atoms with Crippen LogP contribution in [0, 0.1) is 5.92 Å². The molecule has 2 atom stereocenters. The summed E-state index contributed by atoms with van der Waals surface area (Å²) in [6.07, 6.45) is 9.15. The van der Waals surface area contributed by atoms with Crippen molar-refractivity contribution in [2.24, 2.45) is 5.92 Å².